The van der Waals surface area contributed by atoms with Crippen molar-refractivity contribution < 1.29 is 14.6 Å². The number of carbonyl (C=O) groups is 1. The molecule has 138 valence electrons. The summed E-state index contributed by atoms with van der Waals surface area (Å²) in [5, 5.41) is 13.5. The molecule has 2 fully saturated rings. The van der Waals surface area contributed by atoms with Crippen LogP contribution in [0.25, 0.3) is 0 Å². The first-order valence-electron chi connectivity index (χ1n) is 9.45. The summed E-state index contributed by atoms with van der Waals surface area (Å²) >= 11 is 0. The molecule has 1 spiro atoms. The van der Waals surface area contributed by atoms with E-state index >= 15 is 0 Å². The number of aryl methyl sites for hydroxylation is 2. The summed E-state index contributed by atoms with van der Waals surface area (Å²) < 4.78 is 7.45. The molecule has 1 aromatic heterocycles. The van der Waals surface area contributed by atoms with Crippen molar-refractivity contribution in [1.82, 2.24) is 9.88 Å². The zero-order chi connectivity index (χ0) is 18.0. The minimum atomic E-state index is -0.332. The summed E-state index contributed by atoms with van der Waals surface area (Å²) in [6.07, 6.45) is 4.77. The maximum atomic E-state index is 12.8. The average Bonchev–Trinajstić information content (AvgIpc) is 3.16. The fourth-order valence-electron chi connectivity index (χ4n) is 4.34. The Labute approximate surface area is 154 Å². The monoisotopic (exact) mass is 354 g/mol. The molecule has 1 aromatic carbocycles. The summed E-state index contributed by atoms with van der Waals surface area (Å²) in [7, 11) is 0. The Hall–Kier alpha value is -2.11. The van der Waals surface area contributed by atoms with Gasteiger partial charge in [-0.2, -0.15) is 0 Å². The molecule has 1 aliphatic heterocycles. The second-order valence-corrected chi connectivity index (χ2v) is 7.45. The molecule has 1 aliphatic carbocycles. The van der Waals surface area contributed by atoms with Gasteiger partial charge in [0.2, 0.25) is 0 Å². The smallest absolute Gasteiger partial charge is 0.268 e. The lowest BCUT2D eigenvalue weighted by Crippen LogP contribution is -2.65. The van der Waals surface area contributed by atoms with Gasteiger partial charge in [-0.25, -0.2) is 0 Å². The standard InChI is InChI=1S/C21H26N2O3/c24-19-15-18(21(19)9-13-26-14-10-21)22-20(25)17-7-4-11-23(17)12-8-16-5-2-1-3-6-16/h1-7,11,18-19,24H,8-10,12-15H2,(H,22,25)/t18-,19-/m1/s1. The zero-order valence-corrected chi connectivity index (χ0v) is 14.9. The summed E-state index contributed by atoms with van der Waals surface area (Å²) in [6, 6.07) is 14.1. The van der Waals surface area contributed by atoms with E-state index in [4.69, 9.17) is 4.74 Å². The Morgan fingerprint density at radius 3 is 2.69 bits per heavy atom. The van der Waals surface area contributed by atoms with E-state index in [1.54, 1.807) is 0 Å². The van der Waals surface area contributed by atoms with Crippen LogP contribution in [0.4, 0.5) is 0 Å². The number of nitrogens with one attached hydrogen (secondary N) is 1. The molecule has 2 aromatic rings. The molecule has 0 bridgehead atoms. The van der Waals surface area contributed by atoms with E-state index in [0.717, 1.165) is 25.8 Å². The maximum Gasteiger partial charge on any atom is 0.268 e. The van der Waals surface area contributed by atoms with Crippen LogP contribution in [0.3, 0.4) is 0 Å². The van der Waals surface area contributed by atoms with Gasteiger partial charge in [0.25, 0.3) is 5.91 Å². The second-order valence-electron chi connectivity index (χ2n) is 7.45. The van der Waals surface area contributed by atoms with Gasteiger partial charge < -0.3 is 19.7 Å². The maximum absolute atomic E-state index is 12.8. The molecule has 5 nitrogen and oxygen atoms in total. The molecule has 2 N–H and O–H groups in total. The van der Waals surface area contributed by atoms with Crippen LogP contribution in [0.5, 0.6) is 0 Å². The van der Waals surface area contributed by atoms with Crippen LogP contribution in [-0.4, -0.2) is 40.9 Å². The van der Waals surface area contributed by atoms with Gasteiger partial charge in [0, 0.05) is 37.4 Å². The molecule has 0 unspecified atom stereocenters. The van der Waals surface area contributed by atoms with Crippen molar-refractivity contribution in [1.29, 1.82) is 0 Å². The third-order valence-electron chi connectivity index (χ3n) is 6.09. The highest BCUT2D eigenvalue weighted by Gasteiger charge is 2.55. The van der Waals surface area contributed by atoms with E-state index in [9.17, 15) is 9.90 Å². The minimum absolute atomic E-state index is 0.0337. The SMILES string of the molecule is O=C(N[C@@H]1C[C@@H](O)C12CCOCC2)c1cccn1CCc1ccccc1. The Morgan fingerprint density at radius 1 is 1.19 bits per heavy atom. The van der Waals surface area contributed by atoms with Crippen LogP contribution in [0.15, 0.2) is 48.7 Å². The van der Waals surface area contributed by atoms with Gasteiger partial charge in [0.15, 0.2) is 0 Å². The van der Waals surface area contributed by atoms with E-state index in [-0.39, 0.29) is 23.5 Å². The number of ether oxygens (including phenoxy) is 1. The first-order valence-corrected chi connectivity index (χ1v) is 9.45. The van der Waals surface area contributed by atoms with Crippen LogP contribution in [0.2, 0.25) is 0 Å². The van der Waals surface area contributed by atoms with Crippen LogP contribution in [0.1, 0.15) is 35.3 Å². The van der Waals surface area contributed by atoms with Gasteiger partial charge in [0.1, 0.15) is 5.69 Å². The molecular formula is C21H26N2O3. The summed E-state index contributed by atoms with van der Waals surface area (Å²) in [4.78, 5) is 12.8. The highest BCUT2D eigenvalue weighted by molar-refractivity contribution is 5.93. The summed E-state index contributed by atoms with van der Waals surface area (Å²) in [5.41, 5.74) is 1.75. The number of hydrogen-bond acceptors (Lipinski definition) is 3. The zero-order valence-electron chi connectivity index (χ0n) is 14.9. The molecule has 2 aliphatic rings. The topological polar surface area (TPSA) is 63.5 Å². The van der Waals surface area contributed by atoms with Crippen LogP contribution >= 0.6 is 0 Å². The largest absolute Gasteiger partial charge is 0.392 e. The van der Waals surface area contributed by atoms with Gasteiger partial charge in [-0.3, -0.25) is 4.79 Å². The van der Waals surface area contributed by atoms with Gasteiger partial charge >= 0.3 is 0 Å². The van der Waals surface area contributed by atoms with Crippen molar-refractivity contribution in [2.45, 2.75) is 44.4 Å². The number of aliphatic hydroxyl groups excluding tert-OH is 1. The van der Waals surface area contributed by atoms with E-state index < -0.39 is 0 Å². The third kappa shape index (κ3) is 3.17. The van der Waals surface area contributed by atoms with E-state index in [2.05, 4.69) is 17.4 Å². The van der Waals surface area contributed by atoms with Gasteiger partial charge in [-0.05, 0) is 43.4 Å². The minimum Gasteiger partial charge on any atom is -0.392 e. The lowest BCUT2D eigenvalue weighted by molar-refractivity contribution is -0.145. The highest BCUT2D eigenvalue weighted by Crippen LogP contribution is 2.49. The van der Waals surface area contributed by atoms with Crippen molar-refractivity contribution in [3.05, 3.63) is 59.9 Å². The molecule has 1 amide bonds. The fourth-order valence-corrected chi connectivity index (χ4v) is 4.34. The van der Waals surface area contributed by atoms with Crippen molar-refractivity contribution in [2.75, 3.05) is 13.2 Å². The number of hydrogen-bond donors (Lipinski definition) is 2. The first-order chi connectivity index (χ1) is 12.7. The number of amides is 1. The number of rotatable bonds is 5. The molecule has 2 atom stereocenters. The average molecular weight is 354 g/mol. The van der Waals surface area contributed by atoms with E-state index in [0.29, 0.717) is 25.3 Å². The van der Waals surface area contributed by atoms with Crippen molar-refractivity contribution in [3.63, 3.8) is 0 Å². The predicted molar refractivity (Wildman–Crippen MR) is 98.9 cm³/mol. The van der Waals surface area contributed by atoms with Crippen LogP contribution in [0, 0.1) is 5.41 Å². The first kappa shape index (κ1) is 17.3. The quantitative estimate of drug-likeness (QED) is 0.867. The molecular weight excluding hydrogens is 328 g/mol. The Bertz CT molecular complexity index is 750. The number of carbonyl (C=O) groups excluding carboxylic acids is 1. The van der Waals surface area contributed by atoms with Crippen LogP contribution in [-0.2, 0) is 17.7 Å². The number of aliphatic hydroxyl groups is 1. The fraction of sp³-hybridized carbons (Fsp3) is 0.476. The molecule has 1 saturated carbocycles. The molecule has 0 radical (unpaired) electrons. The van der Waals surface area contributed by atoms with Crippen LogP contribution < -0.4 is 5.32 Å². The molecule has 4 rings (SSSR count). The van der Waals surface area contributed by atoms with E-state index in [1.807, 2.05) is 41.1 Å². The summed E-state index contributed by atoms with van der Waals surface area (Å²) in [5.74, 6) is -0.0502. The third-order valence-corrected chi connectivity index (χ3v) is 6.09. The van der Waals surface area contributed by atoms with Gasteiger partial charge in [-0.15, -0.1) is 0 Å². The van der Waals surface area contributed by atoms with Crippen molar-refractivity contribution in [2.24, 2.45) is 5.41 Å². The number of benzene rings is 1. The van der Waals surface area contributed by atoms with Crippen molar-refractivity contribution >= 4 is 5.91 Å². The van der Waals surface area contributed by atoms with Crippen molar-refractivity contribution in [3.8, 4) is 0 Å². The lowest BCUT2D eigenvalue weighted by Gasteiger charge is -2.55. The Kier molecular flexibility index (Phi) is 4.83. The van der Waals surface area contributed by atoms with Gasteiger partial charge in [0.05, 0.1) is 6.10 Å². The second kappa shape index (κ2) is 7.25. The Morgan fingerprint density at radius 2 is 1.96 bits per heavy atom. The molecule has 26 heavy (non-hydrogen) atoms. The molecule has 5 heteroatoms. The van der Waals surface area contributed by atoms with Gasteiger partial charge in [-0.1, -0.05) is 30.3 Å². The lowest BCUT2D eigenvalue weighted by atomic mass is 9.58. The Balaban J connectivity index is 1.40. The normalized spacial score (nSPS) is 24.2. The highest BCUT2D eigenvalue weighted by atomic mass is 16.5. The number of nitrogens with zero attached hydrogens (tertiary/aromatic N) is 1. The van der Waals surface area contributed by atoms with E-state index in [1.165, 1.54) is 5.56 Å². The molecule has 1 saturated heterocycles. The predicted octanol–water partition coefficient (Wildman–Crippen LogP) is 2.39. The molecule has 2 heterocycles. The number of aromatic nitrogens is 1. The summed E-state index contributed by atoms with van der Waals surface area (Å²) in [6.45, 7) is 2.10.